The summed E-state index contributed by atoms with van der Waals surface area (Å²) in [7, 11) is 1.46. The first-order chi connectivity index (χ1) is 12.5. The lowest BCUT2D eigenvalue weighted by Crippen LogP contribution is -2.38. The Labute approximate surface area is 147 Å². The second kappa shape index (κ2) is 7.06. The Morgan fingerprint density at radius 1 is 1.04 bits per heavy atom. The molecular formula is C18H15N3O5. The van der Waals surface area contributed by atoms with Gasteiger partial charge in [0.2, 0.25) is 0 Å². The van der Waals surface area contributed by atoms with Crippen LogP contribution < -0.4 is 16.0 Å². The van der Waals surface area contributed by atoms with Crippen LogP contribution in [-0.4, -0.2) is 21.2 Å². The van der Waals surface area contributed by atoms with Crippen LogP contribution in [-0.2, 0) is 6.54 Å². The minimum absolute atomic E-state index is 0.0277. The predicted molar refractivity (Wildman–Crippen MR) is 95.0 cm³/mol. The summed E-state index contributed by atoms with van der Waals surface area (Å²) in [5.41, 5.74) is 0.0193. The Balaban J connectivity index is 2.04. The van der Waals surface area contributed by atoms with Gasteiger partial charge >= 0.3 is 5.69 Å². The maximum Gasteiger partial charge on any atom is 0.336 e. The minimum atomic E-state index is -0.527. The molecule has 0 saturated carbocycles. The van der Waals surface area contributed by atoms with Crippen molar-refractivity contribution in [1.82, 2.24) is 9.13 Å². The summed E-state index contributed by atoms with van der Waals surface area (Å²) in [6.45, 7) is 0.173. The minimum Gasteiger partial charge on any atom is -0.495 e. The van der Waals surface area contributed by atoms with Gasteiger partial charge in [0.15, 0.2) is 0 Å². The van der Waals surface area contributed by atoms with E-state index in [0.29, 0.717) is 17.0 Å². The smallest absolute Gasteiger partial charge is 0.336 e. The van der Waals surface area contributed by atoms with Crippen molar-refractivity contribution in [2.75, 3.05) is 7.11 Å². The molecule has 0 atom stereocenters. The summed E-state index contributed by atoms with van der Waals surface area (Å²) in [5.74, 6) is 0.403. The molecule has 0 spiro atoms. The zero-order chi connectivity index (χ0) is 18.7. The Morgan fingerprint density at radius 3 is 2.38 bits per heavy atom. The van der Waals surface area contributed by atoms with E-state index in [1.54, 1.807) is 36.4 Å². The summed E-state index contributed by atoms with van der Waals surface area (Å²) in [6, 6.07) is 13.9. The molecule has 0 fully saturated rings. The lowest BCUT2D eigenvalue weighted by molar-refractivity contribution is -0.384. The van der Waals surface area contributed by atoms with E-state index >= 15 is 0 Å². The van der Waals surface area contributed by atoms with Gasteiger partial charge in [0.25, 0.3) is 11.2 Å². The number of nitro benzene ring substituents is 1. The van der Waals surface area contributed by atoms with E-state index in [1.807, 2.05) is 0 Å². The highest BCUT2D eigenvalue weighted by molar-refractivity contribution is 5.46. The normalized spacial score (nSPS) is 10.5. The largest absolute Gasteiger partial charge is 0.495 e. The van der Waals surface area contributed by atoms with Crippen LogP contribution in [0.3, 0.4) is 0 Å². The molecule has 2 aromatic carbocycles. The molecule has 0 aliphatic rings. The van der Waals surface area contributed by atoms with Crippen molar-refractivity contribution in [3.05, 3.63) is 97.3 Å². The van der Waals surface area contributed by atoms with Crippen LogP contribution in [0.15, 0.2) is 70.4 Å². The second-order valence-corrected chi connectivity index (χ2v) is 5.50. The van der Waals surface area contributed by atoms with Crippen molar-refractivity contribution in [3.8, 4) is 11.4 Å². The maximum atomic E-state index is 12.8. The van der Waals surface area contributed by atoms with Gasteiger partial charge in [0.05, 0.1) is 24.3 Å². The van der Waals surface area contributed by atoms with Crippen LogP contribution in [0.4, 0.5) is 5.69 Å². The molecule has 0 N–H and O–H groups in total. The van der Waals surface area contributed by atoms with Crippen molar-refractivity contribution in [2.24, 2.45) is 0 Å². The average molecular weight is 353 g/mol. The molecule has 132 valence electrons. The predicted octanol–water partition coefficient (Wildman–Crippen LogP) is 1.96. The number of ether oxygens (including phenoxy) is 1. The average Bonchev–Trinajstić information content (AvgIpc) is 2.65. The van der Waals surface area contributed by atoms with E-state index in [0.717, 1.165) is 4.57 Å². The Hall–Kier alpha value is -3.68. The summed E-state index contributed by atoms with van der Waals surface area (Å²) < 4.78 is 7.62. The molecule has 0 aliphatic carbocycles. The Bertz CT molecular complexity index is 1070. The molecule has 0 amide bonds. The zero-order valence-electron chi connectivity index (χ0n) is 13.9. The van der Waals surface area contributed by atoms with E-state index < -0.39 is 16.2 Å². The highest BCUT2D eigenvalue weighted by Gasteiger charge is 2.12. The van der Waals surface area contributed by atoms with Crippen molar-refractivity contribution < 1.29 is 9.66 Å². The molecule has 0 bridgehead atoms. The molecule has 0 saturated heterocycles. The molecule has 26 heavy (non-hydrogen) atoms. The fourth-order valence-corrected chi connectivity index (χ4v) is 2.59. The van der Waals surface area contributed by atoms with E-state index in [9.17, 15) is 19.7 Å². The molecule has 8 nitrogen and oxygen atoms in total. The number of hydrogen-bond donors (Lipinski definition) is 0. The van der Waals surface area contributed by atoms with Gasteiger partial charge < -0.3 is 4.74 Å². The van der Waals surface area contributed by atoms with Gasteiger partial charge in [0.1, 0.15) is 5.75 Å². The molecule has 8 heteroatoms. The van der Waals surface area contributed by atoms with Gasteiger partial charge in [-0.1, -0.05) is 24.3 Å². The third-order valence-electron chi connectivity index (χ3n) is 3.88. The van der Waals surface area contributed by atoms with Crippen molar-refractivity contribution >= 4 is 5.69 Å². The van der Waals surface area contributed by atoms with Gasteiger partial charge in [-0.3, -0.25) is 19.5 Å². The number of para-hydroxylation sites is 2. The number of non-ortho nitro benzene ring substituents is 1. The van der Waals surface area contributed by atoms with E-state index in [4.69, 9.17) is 4.74 Å². The highest BCUT2D eigenvalue weighted by atomic mass is 16.6. The van der Waals surface area contributed by atoms with E-state index in [1.165, 1.54) is 36.1 Å². The number of nitro groups is 1. The Kier molecular flexibility index (Phi) is 4.66. The lowest BCUT2D eigenvalue weighted by atomic mass is 10.2. The fourth-order valence-electron chi connectivity index (χ4n) is 2.59. The lowest BCUT2D eigenvalue weighted by Gasteiger charge is -2.12. The number of hydrogen-bond acceptors (Lipinski definition) is 5. The second-order valence-electron chi connectivity index (χ2n) is 5.50. The third-order valence-corrected chi connectivity index (χ3v) is 3.88. The number of rotatable bonds is 5. The van der Waals surface area contributed by atoms with Crippen molar-refractivity contribution in [2.45, 2.75) is 6.54 Å². The standard InChI is InChI=1S/C18H15N3O5/c1-26-16-5-3-2-4-15(16)20-17(22)10-11-19(18(20)23)12-13-6-8-14(9-7-13)21(24)25/h2-11H,12H2,1H3. The first-order valence-electron chi connectivity index (χ1n) is 7.70. The van der Waals surface area contributed by atoms with Crippen LogP contribution in [0.5, 0.6) is 5.75 Å². The van der Waals surface area contributed by atoms with Crippen LogP contribution in [0, 0.1) is 10.1 Å². The Morgan fingerprint density at radius 2 is 1.73 bits per heavy atom. The number of aromatic nitrogens is 2. The molecule has 0 unspecified atom stereocenters. The first kappa shape index (κ1) is 17.2. The summed E-state index contributed by atoms with van der Waals surface area (Å²) >= 11 is 0. The highest BCUT2D eigenvalue weighted by Crippen LogP contribution is 2.19. The third kappa shape index (κ3) is 3.25. The number of benzene rings is 2. The molecule has 0 aliphatic heterocycles. The van der Waals surface area contributed by atoms with Gasteiger partial charge in [0, 0.05) is 24.4 Å². The summed E-state index contributed by atoms with van der Waals surface area (Å²) in [5, 5.41) is 10.7. The van der Waals surface area contributed by atoms with Crippen LogP contribution in [0.2, 0.25) is 0 Å². The van der Waals surface area contributed by atoms with E-state index in [2.05, 4.69) is 0 Å². The fraction of sp³-hybridized carbons (Fsp3) is 0.111. The van der Waals surface area contributed by atoms with Gasteiger partial charge in [-0.05, 0) is 17.7 Å². The number of nitrogens with zero attached hydrogens (tertiary/aromatic N) is 3. The summed E-state index contributed by atoms with van der Waals surface area (Å²) in [4.78, 5) is 35.3. The molecule has 3 rings (SSSR count). The monoisotopic (exact) mass is 353 g/mol. The van der Waals surface area contributed by atoms with Crippen molar-refractivity contribution in [3.63, 3.8) is 0 Å². The number of methoxy groups -OCH3 is 1. The molecule has 1 aromatic heterocycles. The van der Waals surface area contributed by atoms with Crippen LogP contribution in [0.1, 0.15) is 5.56 Å². The molecule has 0 radical (unpaired) electrons. The molecule has 1 heterocycles. The quantitative estimate of drug-likeness (QED) is 0.516. The van der Waals surface area contributed by atoms with Crippen LogP contribution >= 0.6 is 0 Å². The van der Waals surface area contributed by atoms with Crippen molar-refractivity contribution in [1.29, 1.82) is 0 Å². The maximum absolute atomic E-state index is 12.8. The molecular weight excluding hydrogens is 338 g/mol. The SMILES string of the molecule is COc1ccccc1-n1c(=O)ccn(Cc2ccc([N+](=O)[O-])cc2)c1=O. The molecule has 3 aromatic rings. The van der Waals surface area contributed by atoms with Crippen LogP contribution in [0.25, 0.3) is 5.69 Å². The van der Waals surface area contributed by atoms with Gasteiger partial charge in [-0.2, -0.15) is 0 Å². The zero-order valence-corrected chi connectivity index (χ0v) is 13.9. The van der Waals surface area contributed by atoms with E-state index in [-0.39, 0.29) is 12.2 Å². The first-order valence-corrected chi connectivity index (χ1v) is 7.70. The topological polar surface area (TPSA) is 96.4 Å². The van der Waals surface area contributed by atoms with Gasteiger partial charge in [-0.15, -0.1) is 0 Å². The van der Waals surface area contributed by atoms with Gasteiger partial charge in [-0.25, -0.2) is 9.36 Å². The summed E-state index contributed by atoms with van der Waals surface area (Å²) in [6.07, 6.45) is 1.40.